The van der Waals surface area contributed by atoms with Gasteiger partial charge < -0.3 is 5.32 Å². The van der Waals surface area contributed by atoms with Gasteiger partial charge in [-0.05, 0) is 6.07 Å². The van der Waals surface area contributed by atoms with Gasteiger partial charge in [-0.25, -0.2) is 0 Å². The predicted molar refractivity (Wildman–Crippen MR) is 47.6 cm³/mol. The van der Waals surface area contributed by atoms with Crippen molar-refractivity contribution in [1.29, 1.82) is 0 Å². The molecule has 0 radical (unpaired) electrons. The number of hydrogen-bond donors (Lipinski definition) is 1. The van der Waals surface area contributed by atoms with Crippen LogP contribution in [0, 0.1) is 10.1 Å². The van der Waals surface area contributed by atoms with E-state index in [4.69, 9.17) is 0 Å². The summed E-state index contributed by atoms with van der Waals surface area (Å²) in [5.41, 5.74) is -0.512. The van der Waals surface area contributed by atoms with Crippen molar-refractivity contribution in [3.63, 3.8) is 0 Å². The molecule has 7 heteroatoms. The number of nitrogens with zero attached hydrogens (tertiary/aromatic N) is 1. The molecule has 82 valence electrons. The van der Waals surface area contributed by atoms with E-state index in [0.29, 0.717) is 0 Å². The summed E-state index contributed by atoms with van der Waals surface area (Å²) in [5, 5.41) is 12.4. The molecule has 4 nitrogen and oxygen atoms in total. The molecule has 0 bridgehead atoms. The zero-order valence-corrected chi connectivity index (χ0v) is 7.41. The van der Waals surface area contributed by atoms with Crippen LogP contribution >= 0.6 is 0 Å². The lowest BCUT2D eigenvalue weighted by Crippen LogP contribution is -2.21. The van der Waals surface area contributed by atoms with Gasteiger partial charge in [0, 0.05) is 6.07 Å². The molecule has 0 unspecified atom stereocenters. The average Bonchev–Trinajstić information content (AvgIpc) is 2.14. The van der Waals surface area contributed by atoms with Crippen molar-refractivity contribution in [3.05, 3.63) is 34.4 Å². The summed E-state index contributed by atoms with van der Waals surface area (Å²) in [7, 11) is 0. The molecule has 1 N–H and O–H groups in total. The van der Waals surface area contributed by atoms with Gasteiger partial charge in [0.15, 0.2) is 0 Å². The summed E-state index contributed by atoms with van der Waals surface area (Å²) in [6, 6.07) is 5.17. The van der Waals surface area contributed by atoms with Gasteiger partial charge in [-0.1, -0.05) is 12.1 Å². The largest absolute Gasteiger partial charge is 0.405 e. The summed E-state index contributed by atoms with van der Waals surface area (Å²) in [4.78, 5) is 9.69. The van der Waals surface area contributed by atoms with E-state index in [0.717, 1.165) is 6.07 Å². The number of nitro groups is 1. The first-order valence-corrected chi connectivity index (χ1v) is 3.94. The summed E-state index contributed by atoms with van der Waals surface area (Å²) in [5.74, 6) is 0. The number of anilines is 1. The van der Waals surface area contributed by atoms with E-state index in [-0.39, 0.29) is 11.4 Å². The minimum Gasteiger partial charge on any atom is -0.371 e. The highest BCUT2D eigenvalue weighted by Crippen LogP contribution is 2.24. The smallest absolute Gasteiger partial charge is 0.371 e. The number of para-hydroxylation sites is 2. The van der Waals surface area contributed by atoms with Crippen LogP contribution in [0.1, 0.15) is 0 Å². The molecule has 0 amide bonds. The van der Waals surface area contributed by atoms with Gasteiger partial charge in [-0.15, -0.1) is 0 Å². The molecular weight excluding hydrogens is 213 g/mol. The van der Waals surface area contributed by atoms with E-state index >= 15 is 0 Å². The van der Waals surface area contributed by atoms with Crippen molar-refractivity contribution in [3.8, 4) is 0 Å². The molecule has 1 aromatic carbocycles. The molecule has 1 aromatic rings. The third kappa shape index (κ3) is 3.45. The molecule has 0 saturated carbocycles. The Hall–Kier alpha value is -1.79. The SMILES string of the molecule is O=[N+]([O-])c1ccccc1NCC(F)(F)F. The number of nitro benzene ring substituents is 1. The van der Waals surface area contributed by atoms with Crippen LogP contribution in [0.5, 0.6) is 0 Å². The highest BCUT2D eigenvalue weighted by Gasteiger charge is 2.27. The van der Waals surface area contributed by atoms with Gasteiger partial charge in [0.05, 0.1) is 4.92 Å². The summed E-state index contributed by atoms with van der Waals surface area (Å²) in [6.45, 7) is -1.29. The number of halogens is 3. The van der Waals surface area contributed by atoms with Crippen molar-refractivity contribution in [1.82, 2.24) is 0 Å². The lowest BCUT2D eigenvalue weighted by molar-refractivity contribution is -0.384. The molecule has 0 heterocycles. The van der Waals surface area contributed by atoms with Crippen molar-refractivity contribution in [2.24, 2.45) is 0 Å². The highest BCUT2D eigenvalue weighted by molar-refractivity contribution is 5.61. The lowest BCUT2D eigenvalue weighted by Gasteiger charge is -2.09. The highest BCUT2D eigenvalue weighted by atomic mass is 19.4. The van der Waals surface area contributed by atoms with Gasteiger partial charge in [-0.3, -0.25) is 10.1 Å². The van der Waals surface area contributed by atoms with Gasteiger partial charge in [-0.2, -0.15) is 13.2 Å². The number of nitrogens with one attached hydrogen (secondary N) is 1. The average molecular weight is 220 g/mol. The molecule has 0 aromatic heterocycles. The Labute approximate surface area is 82.9 Å². The van der Waals surface area contributed by atoms with Crippen molar-refractivity contribution < 1.29 is 18.1 Å². The zero-order chi connectivity index (χ0) is 11.5. The van der Waals surface area contributed by atoms with Crippen molar-refractivity contribution >= 4 is 11.4 Å². The summed E-state index contributed by atoms with van der Waals surface area (Å²) in [6.07, 6.45) is -4.40. The molecular formula is C8H7F3N2O2. The van der Waals surface area contributed by atoms with Crippen LogP contribution in [0.4, 0.5) is 24.5 Å². The van der Waals surface area contributed by atoms with Crippen LogP contribution in [0.2, 0.25) is 0 Å². The normalized spacial score (nSPS) is 11.1. The quantitative estimate of drug-likeness (QED) is 0.629. The van der Waals surface area contributed by atoms with Crippen LogP contribution in [0.25, 0.3) is 0 Å². The summed E-state index contributed by atoms with van der Waals surface area (Å²) < 4.78 is 35.5. The van der Waals surface area contributed by atoms with Crippen LogP contribution in [0.3, 0.4) is 0 Å². The fourth-order valence-electron chi connectivity index (χ4n) is 0.978. The molecule has 0 aliphatic heterocycles. The fraction of sp³-hybridized carbons (Fsp3) is 0.250. The monoisotopic (exact) mass is 220 g/mol. The van der Waals surface area contributed by atoms with Crippen molar-refractivity contribution in [2.45, 2.75) is 6.18 Å². The number of rotatable bonds is 3. The van der Waals surface area contributed by atoms with Crippen LogP contribution in [0.15, 0.2) is 24.3 Å². The number of alkyl halides is 3. The van der Waals surface area contributed by atoms with E-state index in [2.05, 4.69) is 0 Å². The Bertz CT molecular complexity index is 365. The molecule has 0 aliphatic carbocycles. The third-order valence-corrected chi connectivity index (χ3v) is 1.58. The molecule has 0 spiro atoms. The first-order chi connectivity index (χ1) is 6.90. The topological polar surface area (TPSA) is 55.2 Å². The Balaban J connectivity index is 2.81. The van der Waals surface area contributed by atoms with E-state index in [1.54, 1.807) is 0 Å². The Kier molecular flexibility index (Phi) is 3.13. The Morgan fingerprint density at radius 2 is 1.93 bits per heavy atom. The molecule has 0 fully saturated rings. The minimum atomic E-state index is -4.40. The maximum absolute atomic E-state index is 11.8. The van der Waals surface area contributed by atoms with Gasteiger partial charge >= 0.3 is 6.18 Å². The third-order valence-electron chi connectivity index (χ3n) is 1.58. The first kappa shape index (κ1) is 11.3. The molecule has 0 saturated heterocycles. The number of benzene rings is 1. The molecule has 0 aliphatic rings. The Morgan fingerprint density at radius 1 is 1.33 bits per heavy atom. The Morgan fingerprint density at radius 3 is 2.47 bits per heavy atom. The van der Waals surface area contributed by atoms with Crippen LogP contribution in [-0.4, -0.2) is 17.6 Å². The van der Waals surface area contributed by atoms with Gasteiger partial charge in [0.25, 0.3) is 5.69 Å². The van der Waals surface area contributed by atoms with Crippen LogP contribution in [-0.2, 0) is 0 Å². The number of hydrogen-bond acceptors (Lipinski definition) is 3. The maximum Gasteiger partial charge on any atom is 0.405 e. The van der Waals surface area contributed by atoms with Gasteiger partial charge in [0.1, 0.15) is 12.2 Å². The molecule has 1 rings (SSSR count). The van der Waals surface area contributed by atoms with Crippen molar-refractivity contribution in [2.75, 3.05) is 11.9 Å². The summed E-state index contributed by atoms with van der Waals surface area (Å²) >= 11 is 0. The minimum absolute atomic E-state index is 0.139. The predicted octanol–water partition coefficient (Wildman–Crippen LogP) is 2.57. The van der Waals surface area contributed by atoms with E-state index in [9.17, 15) is 23.3 Å². The second kappa shape index (κ2) is 4.16. The second-order valence-corrected chi connectivity index (χ2v) is 2.74. The second-order valence-electron chi connectivity index (χ2n) is 2.74. The zero-order valence-electron chi connectivity index (χ0n) is 7.41. The standard InChI is InChI=1S/C8H7F3N2O2/c9-8(10,11)5-12-6-3-1-2-4-7(6)13(14)15/h1-4,12H,5H2. The van der Waals surface area contributed by atoms with E-state index < -0.39 is 17.6 Å². The molecule has 0 atom stereocenters. The van der Waals surface area contributed by atoms with E-state index in [1.807, 2.05) is 5.32 Å². The van der Waals surface area contributed by atoms with Gasteiger partial charge in [0.2, 0.25) is 0 Å². The molecule has 15 heavy (non-hydrogen) atoms. The first-order valence-electron chi connectivity index (χ1n) is 3.94. The maximum atomic E-state index is 11.8. The van der Waals surface area contributed by atoms with Crippen LogP contribution < -0.4 is 5.32 Å². The fourth-order valence-corrected chi connectivity index (χ4v) is 0.978. The van der Waals surface area contributed by atoms with E-state index in [1.165, 1.54) is 18.2 Å². The lowest BCUT2D eigenvalue weighted by atomic mass is 10.2.